The van der Waals surface area contributed by atoms with Crippen molar-refractivity contribution in [2.75, 3.05) is 21.3 Å². The molecule has 68 heavy (non-hydrogen) atoms. The Morgan fingerprint density at radius 1 is 0.441 bits per heavy atom. The van der Waals surface area contributed by atoms with Gasteiger partial charge >= 0.3 is 0 Å². The number of nitrogens with zero attached hydrogens (tertiary/aromatic N) is 2. The third kappa shape index (κ3) is 8.03. The Kier molecular flexibility index (Phi) is 9.73. The Morgan fingerprint density at radius 3 is 1.01 bits per heavy atom. The molecule has 0 saturated heterocycles. The molecule has 2 aliphatic heterocycles. The van der Waals surface area contributed by atoms with Gasteiger partial charge in [-0.1, -0.05) is 67.5 Å². The van der Waals surface area contributed by atoms with Crippen LogP contribution in [0.2, 0.25) is 0 Å². The Bertz CT molecular complexity index is 2950. The summed E-state index contributed by atoms with van der Waals surface area (Å²) in [6.07, 6.45) is 11.0. The van der Waals surface area contributed by atoms with Crippen LogP contribution in [0.15, 0.2) is 72.8 Å². The molecule has 4 saturated carbocycles. The Labute approximate surface area is 396 Å². The smallest absolute Gasteiger partial charge is 0.228 e. The van der Waals surface area contributed by atoms with Gasteiger partial charge in [-0.15, -0.1) is 0 Å². The summed E-state index contributed by atoms with van der Waals surface area (Å²) < 4.78 is 0. The highest BCUT2D eigenvalue weighted by atomic mass is 16.2. The van der Waals surface area contributed by atoms with E-state index in [4.69, 9.17) is 9.97 Å². The fourth-order valence-corrected chi connectivity index (χ4v) is 10.2. The summed E-state index contributed by atoms with van der Waals surface area (Å²) in [6.45, 7) is 16.8. The van der Waals surface area contributed by atoms with Crippen LogP contribution in [-0.4, -0.2) is 43.6 Å². The van der Waals surface area contributed by atoms with Crippen LogP contribution in [0, 0.1) is 45.3 Å². The van der Waals surface area contributed by atoms with Gasteiger partial charge in [0.2, 0.25) is 23.6 Å². The second-order valence-corrected chi connectivity index (χ2v) is 22.6. The number of aromatic nitrogens is 4. The number of hydrogen-bond acceptors (Lipinski definition) is 6. The van der Waals surface area contributed by atoms with E-state index in [1.807, 2.05) is 97.1 Å². The normalized spacial score (nSPS) is 22.5. The highest BCUT2D eigenvalue weighted by molar-refractivity contribution is 6.11. The Morgan fingerprint density at radius 2 is 0.735 bits per heavy atom. The molecule has 346 valence electrons. The van der Waals surface area contributed by atoms with Crippen molar-refractivity contribution in [2.45, 2.75) is 81.1 Å². The molecule has 12 heteroatoms. The molecule has 5 heterocycles. The van der Waals surface area contributed by atoms with Gasteiger partial charge in [0.1, 0.15) is 0 Å². The summed E-state index contributed by atoms with van der Waals surface area (Å²) in [5.74, 6) is -0.730. The van der Waals surface area contributed by atoms with Gasteiger partial charge in [-0.05, 0) is 132 Å². The second-order valence-electron chi connectivity index (χ2n) is 22.6. The molecule has 6 N–H and O–H groups in total. The van der Waals surface area contributed by atoms with E-state index in [-0.39, 0.29) is 69.0 Å². The maximum atomic E-state index is 13.8. The van der Waals surface area contributed by atoms with E-state index in [1.165, 1.54) is 0 Å². The quantitative estimate of drug-likeness (QED) is 0.0797. The molecule has 4 amide bonds. The van der Waals surface area contributed by atoms with Crippen molar-refractivity contribution >= 4 is 92.7 Å². The average Bonchev–Trinajstić information content (AvgIpc) is 4.09. The topological polar surface area (TPSA) is 174 Å². The summed E-state index contributed by atoms with van der Waals surface area (Å²) >= 11 is 0. The Hall–Kier alpha value is -7.08. The molecule has 6 aliphatic rings. The summed E-state index contributed by atoms with van der Waals surface area (Å²) in [5.41, 5.74) is 10.3. The minimum Gasteiger partial charge on any atom is -0.355 e. The summed E-state index contributed by atoms with van der Waals surface area (Å²) in [6, 6.07) is 23.2. The lowest BCUT2D eigenvalue weighted by atomic mass is 9.98. The highest BCUT2D eigenvalue weighted by Crippen LogP contribution is 2.55. The lowest BCUT2D eigenvalue weighted by molar-refractivity contribution is -0.118. The maximum Gasteiger partial charge on any atom is 0.228 e. The zero-order valence-corrected chi connectivity index (χ0v) is 39.9. The number of H-pyrrole nitrogens is 2. The number of rotatable bonds is 10. The van der Waals surface area contributed by atoms with Crippen molar-refractivity contribution < 1.29 is 19.2 Å². The van der Waals surface area contributed by atoms with Crippen molar-refractivity contribution in [3.05, 3.63) is 95.6 Å². The largest absolute Gasteiger partial charge is 0.355 e. The molecular formula is C56H58N8O4. The van der Waals surface area contributed by atoms with Crippen molar-refractivity contribution in [1.82, 2.24) is 19.9 Å². The van der Waals surface area contributed by atoms with Crippen molar-refractivity contribution in [2.24, 2.45) is 45.3 Å². The first-order chi connectivity index (χ1) is 32.2. The van der Waals surface area contributed by atoms with Crippen LogP contribution in [0.4, 0.5) is 22.7 Å². The number of hydrogen-bond donors (Lipinski definition) is 6. The first kappa shape index (κ1) is 43.5. The zero-order chi connectivity index (χ0) is 47.7. The number of carbonyl (C=O) groups is 4. The number of fused-ring (bicyclic) bond motifs is 8. The fraction of sp³-hybridized carbons (Fsp3) is 0.357. The van der Waals surface area contributed by atoms with Crippen LogP contribution < -0.4 is 21.3 Å². The second kappa shape index (κ2) is 15.2. The lowest BCUT2D eigenvalue weighted by Gasteiger charge is -2.18. The molecule has 3 aromatic heterocycles. The number of nitrogens with one attached hydrogen (secondary N) is 6. The van der Waals surface area contributed by atoms with E-state index < -0.39 is 0 Å². The zero-order valence-electron chi connectivity index (χ0n) is 39.9. The molecule has 8 bridgehead atoms. The first-order valence-electron chi connectivity index (χ1n) is 23.9. The van der Waals surface area contributed by atoms with Gasteiger partial charge in [-0.25, -0.2) is 9.97 Å². The standard InChI is InChI=1S/C56H58N8O4/c1-53(2)25-33(53)49(65)61-37-11-9-12-38(62-50(66)34-26-54(34,3)4)45(37)47-41-19-15-29(57-41)23-31-17-21-43(59-31)48(44-22-18-32(60-44)24-30-16-20-42(47)58-30)46-39(63-51(67)35-27-55(35,5)6)13-10-14-40(46)64-52(68)36-28-56(36,7)8/h9-24,33-36,57,60H,25-28H2,1-8H3,(H,61,65)(H,62,66)(H,63,67)(H,64,68)/t33-,34+,35-,36+. The van der Waals surface area contributed by atoms with Gasteiger partial charge in [0.05, 0.1) is 45.5 Å². The van der Waals surface area contributed by atoms with Gasteiger partial charge < -0.3 is 31.2 Å². The highest BCUT2D eigenvalue weighted by Gasteiger charge is 2.53. The maximum absolute atomic E-state index is 13.8. The first-order valence-corrected chi connectivity index (χ1v) is 23.9. The SMILES string of the molecule is CC1(C)C[C@@H]1C(=O)Nc1cccc(NC(=O)[C@@H]2CC2(C)C)c1-c1c2nc(cc3ccc([nH]3)c(-c3c(NC(=O)[C@H]4CC4(C)C)cccc3NC(=O)[C@@H]3CC3(C)C)c3nc(cc4ccc1[nH]4)C=C3)C=C2. The third-order valence-electron chi connectivity index (χ3n) is 15.4. The molecule has 11 rings (SSSR count). The van der Waals surface area contributed by atoms with Gasteiger partial charge in [-0.3, -0.25) is 19.2 Å². The van der Waals surface area contributed by atoms with Crippen LogP contribution in [-0.2, 0) is 19.2 Å². The Balaban J connectivity index is 1.10. The minimum atomic E-state index is -0.124. The molecule has 0 spiro atoms. The molecule has 4 atom stereocenters. The number of benzene rings is 2. The predicted molar refractivity (Wildman–Crippen MR) is 272 cm³/mol. The number of amides is 4. The van der Waals surface area contributed by atoms with Crippen molar-refractivity contribution in [3.63, 3.8) is 0 Å². The van der Waals surface area contributed by atoms with E-state index in [0.717, 1.165) is 47.8 Å². The molecule has 0 unspecified atom stereocenters. The number of aromatic amines is 2. The molecule has 4 fully saturated rings. The molecule has 12 nitrogen and oxygen atoms in total. The monoisotopic (exact) mass is 906 g/mol. The molecule has 2 aromatic carbocycles. The fourth-order valence-electron chi connectivity index (χ4n) is 10.2. The van der Waals surface area contributed by atoms with Gasteiger partial charge in [-0.2, -0.15) is 0 Å². The van der Waals surface area contributed by atoms with Crippen LogP contribution >= 0.6 is 0 Å². The molecule has 5 aromatic rings. The van der Waals surface area contributed by atoms with Crippen LogP contribution in [0.1, 0.15) is 104 Å². The van der Waals surface area contributed by atoms with E-state index >= 15 is 0 Å². The summed E-state index contributed by atoms with van der Waals surface area (Å²) in [5, 5.41) is 13.0. The number of anilines is 4. The van der Waals surface area contributed by atoms with E-state index in [9.17, 15) is 19.2 Å². The van der Waals surface area contributed by atoms with Crippen LogP contribution in [0.25, 0.3) is 68.6 Å². The van der Waals surface area contributed by atoms with Gasteiger partial charge in [0.15, 0.2) is 0 Å². The van der Waals surface area contributed by atoms with Crippen LogP contribution in [0.3, 0.4) is 0 Å². The lowest BCUT2D eigenvalue weighted by Crippen LogP contribution is -2.19. The minimum absolute atomic E-state index is 0.0584. The molecular weight excluding hydrogens is 849 g/mol. The summed E-state index contributed by atoms with van der Waals surface area (Å²) in [7, 11) is 0. The van der Waals surface area contributed by atoms with Crippen molar-refractivity contribution in [1.29, 1.82) is 0 Å². The summed E-state index contributed by atoms with van der Waals surface area (Å²) in [4.78, 5) is 73.0. The van der Waals surface area contributed by atoms with E-state index in [1.54, 1.807) is 0 Å². The van der Waals surface area contributed by atoms with E-state index in [0.29, 0.717) is 67.8 Å². The average molecular weight is 907 g/mol. The van der Waals surface area contributed by atoms with Gasteiger partial charge in [0, 0.05) is 68.0 Å². The van der Waals surface area contributed by atoms with Gasteiger partial charge in [0.25, 0.3) is 0 Å². The number of carbonyl (C=O) groups excluding carboxylic acids is 4. The third-order valence-corrected chi connectivity index (χ3v) is 15.4. The molecule has 0 radical (unpaired) electrons. The van der Waals surface area contributed by atoms with Crippen LogP contribution in [0.5, 0.6) is 0 Å². The van der Waals surface area contributed by atoms with Crippen molar-refractivity contribution in [3.8, 4) is 22.3 Å². The predicted octanol–water partition coefficient (Wildman–Crippen LogP) is 11.9. The molecule has 4 aliphatic carbocycles. The van der Waals surface area contributed by atoms with E-state index in [2.05, 4.69) is 86.6 Å².